The number of nitrogens with one attached hydrogen (secondary N) is 1. The molecule has 1 N–H and O–H groups in total. The third-order valence-electron chi connectivity index (χ3n) is 1.41. The molecule has 1 aromatic heterocycles. The standard InChI is InChI=1S/C9H13N3/c1-3-4-6-10-9-11-7-5-8(2)12-9/h3-5,7H,6H2,1-2H3,(H,10,11,12)/b4-3+. The number of anilines is 1. The van der Waals surface area contributed by atoms with Gasteiger partial charge in [0.2, 0.25) is 5.95 Å². The number of rotatable bonds is 3. The lowest BCUT2D eigenvalue weighted by atomic mass is 10.4. The van der Waals surface area contributed by atoms with E-state index < -0.39 is 0 Å². The fourth-order valence-electron chi connectivity index (χ4n) is 0.802. The van der Waals surface area contributed by atoms with Crippen LogP contribution < -0.4 is 5.32 Å². The molecule has 3 heteroatoms. The minimum atomic E-state index is 0.688. The summed E-state index contributed by atoms with van der Waals surface area (Å²) in [5.74, 6) is 0.688. The highest BCUT2D eigenvalue weighted by Gasteiger charge is 1.91. The normalized spacial score (nSPS) is 10.5. The van der Waals surface area contributed by atoms with Gasteiger partial charge in [0.15, 0.2) is 0 Å². The summed E-state index contributed by atoms with van der Waals surface area (Å²) in [6, 6.07) is 1.88. The predicted molar refractivity (Wildman–Crippen MR) is 50.1 cm³/mol. The van der Waals surface area contributed by atoms with Crippen LogP contribution in [0.1, 0.15) is 12.6 Å². The van der Waals surface area contributed by atoms with Crippen molar-refractivity contribution in [2.75, 3.05) is 11.9 Å². The van der Waals surface area contributed by atoms with E-state index in [1.54, 1.807) is 6.20 Å². The van der Waals surface area contributed by atoms with Gasteiger partial charge in [0.05, 0.1) is 0 Å². The topological polar surface area (TPSA) is 37.8 Å². The highest BCUT2D eigenvalue weighted by atomic mass is 15.1. The van der Waals surface area contributed by atoms with Gasteiger partial charge in [-0.3, -0.25) is 0 Å². The molecule has 1 heterocycles. The SMILES string of the molecule is C/C=C/CNc1nccc(C)n1. The van der Waals surface area contributed by atoms with Crippen LogP contribution in [-0.4, -0.2) is 16.5 Å². The van der Waals surface area contributed by atoms with Crippen molar-refractivity contribution >= 4 is 5.95 Å². The Kier molecular flexibility index (Phi) is 3.26. The summed E-state index contributed by atoms with van der Waals surface area (Å²) in [5.41, 5.74) is 0.980. The van der Waals surface area contributed by atoms with Crippen LogP contribution in [0.4, 0.5) is 5.95 Å². The number of allylic oxidation sites excluding steroid dienone is 1. The average Bonchev–Trinajstić information content (AvgIpc) is 2.05. The highest BCUT2D eigenvalue weighted by Crippen LogP contribution is 1.97. The van der Waals surface area contributed by atoms with Crippen molar-refractivity contribution in [2.45, 2.75) is 13.8 Å². The lowest BCUT2D eigenvalue weighted by Gasteiger charge is -2.00. The van der Waals surface area contributed by atoms with Crippen molar-refractivity contribution in [3.8, 4) is 0 Å². The largest absolute Gasteiger partial charge is 0.351 e. The first kappa shape index (κ1) is 8.71. The zero-order valence-corrected chi connectivity index (χ0v) is 7.41. The molecule has 0 atom stereocenters. The Bertz CT molecular complexity index is 268. The van der Waals surface area contributed by atoms with Crippen molar-refractivity contribution in [3.63, 3.8) is 0 Å². The number of aryl methyl sites for hydroxylation is 1. The summed E-state index contributed by atoms with van der Waals surface area (Å²) in [6.45, 7) is 4.71. The van der Waals surface area contributed by atoms with Crippen LogP contribution in [0, 0.1) is 6.92 Å². The predicted octanol–water partition coefficient (Wildman–Crippen LogP) is 1.77. The van der Waals surface area contributed by atoms with Gasteiger partial charge in [-0.25, -0.2) is 9.97 Å². The van der Waals surface area contributed by atoms with Crippen LogP contribution >= 0.6 is 0 Å². The lowest BCUT2D eigenvalue weighted by Crippen LogP contribution is -2.02. The summed E-state index contributed by atoms with van der Waals surface area (Å²) in [7, 11) is 0. The molecular weight excluding hydrogens is 150 g/mol. The maximum absolute atomic E-state index is 4.19. The molecule has 12 heavy (non-hydrogen) atoms. The van der Waals surface area contributed by atoms with Crippen molar-refractivity contribution in [1.29, 1.82) is 0 Å². The average molecular weight is 163 g/mol. The first-order chi connectivity index (χ1) is 5.83. The van der Waals surface area contributed by atoms with Crippen molar-refractivity contribution in [2.24, 2.45) is 0 Å². The van der Waals surface area contributed by atoms with Gasteiger partial charge >= 0.3 is 0 Å². The molecule has 0 saturated carbocycles. The summed E-state index contributed by atoms with van der Waals surface area (Å²) < 4.78 is 0. The number of aromatic nitrogens is 2. The number of nitrogens with zero attached hydrogens (tertiary/aromatic N) is 2. The van der Waals surface area contributed by atoms with Crippen molar-refractivity contribution in [1.82, 2.24) is 9.97 Å². The molecule has 0 aliphatic carbocycles. The number of hydrogen-bond acceptors (Lipinski definition) is 3. The van der Waals surface area contributed by atoms with Crippen LogP contribution in [0.3, 0.4) is 0 Å². The fourth-order valence-corrected chi connectivity index (χ4v) is 0.802. The molecule has 0 aliphatic heterocycles. The van der Waals surface area contributed by atoms with Crippen LogP contribution in [0.2, 0.25) is 0 Å². The summed E-state index contributed by atoms with van der Waals surface area (Å²) in [4.78, 5) is 8.24. The smallest absolute Gasteiger partial charge is 0.223 e. The van der Waals surface area contributed by atoms with Gasteiger partial charge in [-0.2, -0.15) is 0 Å². The first-order valence-electron chi connectivity index (χ1n) is 3.97. The van der Waals surface area contributed by atoms with E-state index in [1.807, 2.05) is 32.1 Å². The maximum Gasteiger partial charge on any atom is 0.223 e. The molecule has 0 spiro atoms. The molecule has 0 fully saturated rings. The van der Waals surface area contributed by atoms with E-state index in [1.165, 1.54) is 0 Å². The van der Waals surface area contributed by atoms with Gasteiger partial charge in [0.1, 0.15) is 0 Å². The van der Waals surface area contributed by atoms with Gasteiger partial charge in [-0.1, -0.05) is 12.2 Å². The Morgan fingerprint density at radius 3 is 3.08 bits per heavy atom. The van der Waals surface area contributed by atoms with Crippen LogP contribution in [-0.2, 0) is 0 Å². The molecule has 64 valence electrons. The summed E-state index contributed by atoms with van der Waals surface area (Å²) in [6.07, 6.45) is 5.76. The molecule has 0 aromatic carbocycles. The van der Waals surface area contributed by atoms with E-state index in [2.05, 4.69) is 15.3 Å². The monoisotopic (exact) mass is 163 g/mol. The zero-order valence-electron chi connectivity index (χ0n) is 7.41. The molecule has 0 bridgehead atoms. The van der Waals surface area contributed by atoms with Gasteiger partial charge < -0.3 is 5.32 Å². The molecule has 1 rings (SSSR count). The summed E-state index contributed by atoms with van der Waals surface area (Å²) >= 11 is 0. The quantitative estimate of drug-likeness (QED) is 0.690. The van der Waals surface area contributed by atoms with E-state index in [9.17, 15) is 0 Å². The zero-order chi connectivity index (χ0) is 8.81. The van der Waals surface area contributed by atoms with Gasteiger partial charge in [0.25, 0.3) is 0 Å². The summed E-state index contributed by atoms with van der Waals surface area (Å²) in [5, 5.41) is 3.08. The molecular formula is C9H13N3. The van der Waals surface area contributed by atoms with Crippen LogP contribution in [0.5, 0.6) is 0 Å². The van der Waals surface area contributed by atoms with E-state index in [-0.39, 0.29) is 0 Å². The molecule has 0 aliphatic rings. The third kappa shape index (κ3) is 2.70. The van der Waals surface area contributed by atoms with Crippen molar-refractivity contribution < 1.29 is 0 Å². The van der Waals surface area contributed by atoms with Gasteiger partial charge in [-0.05, 0) is 19.9 Å². The molecule has 0 saturated heterocycles. The van der Waals surface area contributed by atoms with Gasteiger partial charge in [-0.15, -0.1) is 0 Å². The van der Waals surface area contributed by atoms with Crippen molar-refractivity contribution in [3.05, 3.63) is 30.1 Å². The minimum absolute atomic E-state index is 0.688. The highest BCUT2D eigenvalue weighted by molar-refractivity contribution is 5.25. The van der Waals surface area contributed by atoms with E-state index >= 15 is 0 Å². The Labute approximate surface area is 72.6 Å². The Balaban J connectivity index is 2.52. The third-order valence-corrected chi connectivity index (χ3v) is 1.41. The lowest BCUT2D eigenvalue weighted by molar-refractivity contribution is 1.07. The van der Waals surface area contributed by atoms with Gasteiger partial charge in [0, 0.05) is 18.4 Å². The van der Waals surface area contributed by atoms with E-state index in [0.29, 0.717) is 5.95 Å². The molecule has 1 aromatic rings. The van der Waals surface area contributed by atoms with Crippen LogP contribution in [0.25, 0.3) is 0 Å². The molecule has 0 amide bonds. The first-order valence-corrected chi connectivity index (χ1v) is 3.97. The maximum atomic E-state index is 4.19. The minimum Gasteiger partial charge on any atom is -0.351 e. The molecule has 3 nitrogen and oxygen atoms in total. The van der Waals surface area contributed by atoms with E-state index in [4.69, 9.17) is 0 Å². The second-order valence-electron chi connectivity index (χ2n) is 2.47. The Morgan fingerprint density at radius 1 is 1.58 bits per heavy atom. The fraction of sp³-hybridized carbons (Fsp3) is 0.333. The second-order valence-corrected chi connectivity index (χ2v) is 2.47. The van der Waals surface area contributed by atoms with Crippen LogP contribution in [0.15, 0.2) is 24.4 Å². The van der Waals surface area contributed by atoms with E-state index in [0.717, 1.165) is 12.2 Å². The molecule has 0 unspecified atom stereocenters. The second kappa shape index (κ2) is 4.49. The Hall–Kier alpha value is -1.38. The molecule has 0 radical (unpaired) electrons. The number of hydrogen-bond donors (Lipinski definition) is 1. The Morgan fingerprint density at radius 2 is 2.42 bits per heavy atom.